The zero-order valence-electron chi connectivity index (χ0n) is 10.8. The van der Waals surface area contributed by atoms with Crippen LogP contribution in [0.3, 0.4) is 0 Å². The summed E-state index contributed by atoms with van der Waals surface area (Å²) < 4.78 is 0. The van der Waals surface area contributed by atoms with Crippen molar-refractivity contribution >= 4 is 34.6 Å². The molecule has 2 rings (SSSR count). The second kappa shape index (κ2) is 6.68. The van der Waals surface area contributed by atoms with Crippen molar-refractivity contribution in [3.8, 4) is 0 Å². The van der Waals surface area contributed by atoms with Crippen molar-refractivity contribution in [2.24, 2.45) is 5.73 Å². The molecule has 0 radical (unpaired) electrons. The molecule has 0 saturated heterocycles. The van der Waals surface area contributed by atoms with Crippen molar-refractivity contribution < 1.29 is 4.79 Å². The predicted molar refractivity (Wildman–Crippen MR) is 85.6 cm³/mol. The number of nitrogens with one attached hydrogen (secondary N) is 2. The molecule has 1 amide bonds. The number of amides is 1. The van der Waals surface area contributed by atoms with E-state index in [0.717, 1.165) is 11.3 Å². The predicted octanol–water partition coefficient (Wildman–Crippen LogP) is 2.52. The fourth-order valence-electron chi connectivity index (χ4n) is 1.80. The van der Waals surface area contributed by atoms with Gasteiger partial charge in [-0.05, 0) is 36.0 Å². The summed E-state index contributed by atoms with van der Waals surface area (Å²) in [7, 11) is 0. The van der Waals surface area contributed by atoms with Crippen molar-refractivity contribution in [1.82, 2.24) is 0 Å². The molecule has 0 heterocycles. The number of nitrogens with two attached hydrogens (primary N) is 1. The van der Waals surface area contributed by atoms with Gasteiger partial charge in [0.25, 0.3) is 0 Å². The van der Waals surface area contributed by atoms with Crippen LogP contribution in [0.5, 0.6) is 0 Å². The van der Waals surface area contributed by atoms with E-state index in [1.165, 1.54) is 0 Å². The lowest BCUT2D eigenvalue weighted by Crippen LogP contribution is -2.19. The largest absolute Gasteiger partial charge is 0.376 e. The number of carbonyl (C=O) groups excluding carboxylic acids is 1. The van der Waals surface area contributed by atoms with Gasteiger partial charge in [0, 0.05) is 11.4 Å². The van der Waals surface area contributed by atoms with Crippen LogP contribution in [-0.2, 0) is 11.2 Å². The van der Waals surface area contributed by atoms with Crippen LogP contribution in [0.15, 0.2) is 54.6 Å². The first-order valence-corrected chi connectivity index (χ1v) is 6.54. The van der Waals surface area contributed by atoms with Crippen LogP contribution in [0, 0.1) is 0 Å². The average Bonchev–Trinajstić information content (AvgIpc) is 2.39. The fraction of sp³-hybridized carbons (Fsp3) is 0.0667. The van der Waals surface area contributed by atoms with E-state index >= 15 is 0 Å². The molecule has 0 spiro atoms. The fourth-order valence-corrected chi connectivity index (χ4v) is 1.92. The molecule has 0 aromatic heterocycles. The lowest BCUT2D eigenvalue weighted by molar-refractivity contribution is -0.115. The average molecular weight is 285 g/mol. The van der Waals surface area contributed by atoms with Crippen LogP contribution < -0.4 is 16.4 Å². The summed E-state index contributed by atoms with van der Waals surface area (Å²) in [5.74, 6) is -0.0660. The summed E-state index contributed by atoms with van der Waals surface area (Å²) in [6.07, 6.45) is 0.341. The first-order chi connectivity index (χ1) is 9.63. The molecular weight excluding hydrogens is 270 g/mol. The monoisotopic (exact) mass is 285 g/mol. The number of carbonyl (C=O) groups is 1. The van der Waals surface area contributed by atoms with E-state index in [4.69, 9.17) is 18.0 Å². The highest BCUT2D eigenvalue weighted by Gasteiger charge is 2.04. The number of thiocarbonyl (C=S) groups is 1. The van der Waals surface area contributed by atoms with E-state index in [1.54, 1.807) is 6.07 Å². The van der Waals surface area contributed by atoms with Gasteiger partial charge in [-0.1, -0.05) is 36.4 Å². The molecule has 0 saturated carbocycles. The van der Waals surface area contributed by atoms with Gasteiger partial charge in [0.15, 0.2) is 5.11 Å². The Morgan fingerprint density at radius 2 is 1.65 bits per heavy atom. The molecule has 2 aromatic carbocycles. The summed E-state index contributed by atoms with van der Waals surface area (Å²) in [6.45, 7) is 0. The van der Waals surface area contributed by atoms with E-state index in [2.05, 4.69) is 10.6 Å². The van der Waals surface area contributed by atoms with Crippen LogP contribution in [-0.4, -0.2) is 11.0 Å². The molecule has 0 bridgehead atoms. The summed E-state index contributed by atoms with van der Waals surface area (Å²) in [6, 6.07) is 16.8. The number of benzene rings is 2. The topological polar surface area (TPSA) is 67.2 Å². The minimum atomic E-state index is -0.0660. The van der Waals surface area contributed by atoms with Crippen molar-refractivity contribution in [1.29, 1.82) is 0 Å². The molecule has 0 unspecified atom stereocenters. The zero-order valence-corrected chi connectivity index (χ0v) is 11.6. The van der Waals surface area contributed by atoms with Gasteiger partial charge in [-0.15, -0.1) is 0 Å². The maximum atomic E-state index is 11.9. The Hall–Kier alpha value is -2.40. The third-order valence-electron chi connectivity index (χ3n) is 2.62. The van der Waals surface area contributed by atoms with E-state index < -0.39 is 0 Å². The molecule has 4 N–H and O–H groups in total. The Kier molecular flexibility index (Phi) is 4.68. The van der Waals surface area contributed by atoms with E-state index in [1.807, 2.05) is 48.5 Å². The highest BCUT2D eigenvalue weighted by molar-refractivity contribution is 7.80. The van der Waals surface area contributed by atoms with Crippen molar-refractivity contribution in [3.63, 3.8) is 0 Å². The smallest absolute Gasteiger partial charge is 0.228 e. The number of hydrogen-bond acceptors (Lipinski definition) is 2. The van der Waals surface area contributed by atoms with Gasteiger partial charge in [-0.2, -0.15) is 0 Å². The Balaban J connectivity index is 1.99. The molecule has 4 nitrogen and oxygen atoms in total. The Morgan fingerprint density at radius 3 is 2.30 bits per heavy atom. The van der Waals surface area contributed by atoms with Gasteiger partial charge >= 0.3 is 0 Å². The van der Waals surface area contributed by atoms with Gasteiger partial charge in [0.05, 0.1) is 6.42 Å². The van der Waals surface area contributed by atoms with Crippen LogP contribution in [0.2, 0.25) is 0 Å². The van der Waals surface area contributed by atoms with E-state index in [0.29, 0.717) is 12.1 Å². The maximum absolute atomic E-state index is 11.9. The van der Waals surface area contributed by atoms with Gasteiger partial charge in [-0.3, -0.25) is 4.79 Å². The second-order valence-electron chi connectivity index (χ2n) is 4.28. The molecule has 102 valence electrons. The standard InChI is InChI=1S/C15H15N3OS/c16-15(20)18-13-8-4-7-12(10-13)17-14(19)9-11-5-2-1-3-6-11/h1-8,10H,9H2,(H,17,19)(H3,16,18,20). The lowest BCUT2D eigenvalue weighted by Gasteiger charge is -2.08. The molecule has 0 aliphatic rings. The summed E-state index contributed by atoms with van der Waals surface area (Å²) in [5, 5.41) is 5.86. The lowest BCUT2D eigenvalue weighted by atomic mass is 10.1. The zero-order chi connectivity index (χ0) is 14.4. The highest BCUT2D eigenvalue weighted by atomic mass is 32.1. The minimum absolute atomic E-state index is 0.0660. The SMILES string of the molecule is NC(=S)Nc1cccc(NC(=O)Cc2ccccc2)c1. The third kappa shape index (κ3) is 4.37. The highest BCUT2D eigenvalue weighted by Crippen LogP contribution is 2.15. The Bertz CT molecular complexity index is 614. The second-order valence-corrected chi connectivity index (χ2v) is 4.72. The van der Waals surface area contributed by atoms with E-state index in [9.17, 15) is 4.79 Å². The molecular formula is C15H15N3OS. The van der Waals surface area contributed by atoms with Crippen LogP contribution >= 0.6 is 12.2 Å². The molecule has 0 aliphatic heterocycles. The molecule has 0 aliphatic carbocycles. The minimum Gasteiger partial charge on any atom is -0.376 e. The van der Waals surface area contributed by atoms with Crippen LogP contribution in [0.1, 0.15) is 5.56 Å². The van der Waals surface area contributed by atoms with Crippen molar-refractivity contribution in [2.75, 3.05) is 10.6 Å². The van der Waals surface area contributed by atoms with Crippen molar-refractivity contribution in [2.45, 2.75) is 6.42 Å². The number of hydrogen-bond donors (Lipinski definition) is 3. The van der Waals surface area contributed by atoms with Crippen LogP contribution in [0.4, 0.5) is 11.4 Å². The molecule has 5 heteroatoms. The van der Waals surface area contributed by atoms with Crippen molar-refractivity contribution in [3.05, 3.63) is 60.2 Å². The summed E-state index contributed by atoms with van der Waals surface area (Å²) in [4.78, 5) is 11.9. The number of anilines is 2. The van der Waals surface area contributed by atoms with Gasteiger partial charge in [0.2, 0.25) is 5.91 Å². The molecule has 20 heavy (non-hydrogen) atoms. The first kappa shape index (κ1) is 14.0. The van der Waals surface area contributed by atoms with Gasteiger partial charge in [-0.25, -0.2) is 0 Å². The van der Waals surface area contributed by atoms with Gasteiger partial charge < -0.3 is 16.4 Å². The maximum Gasteiger partial charge on any atom is 0.228 e. The Labute approximate surface area is 123 Å². The quantitative estimate of drug-likeness (QED) is 0.755. The normalized spacial score (nSPS) is 9.80. The van der Waals surface area contributed by atoms with Gasteiger partial charge in [0.1, 0.15) is 0 Å². The molecule has 0 atom stereocenters. The number of rotatable bonds is 4. The third-order valence-corrected chi connectivity index (χ3v) is 2.72. The summed E-state index contributed by atoms with van der Waals surface area (Å²) in [5.41, 5.74) is 7.83. The molecule has 0 fully saturated rings. The van der Waals surface area contributed by atoms with Crippen LogP contribution in [0.25, 0.3) is 0 Å². The molecule has 2 aromatic rings. The summed E-state index contributed by atoms with van der Waals surface area (Å²) >= 11 is 4.77. The Morgan fingerprint density at radius 1 is 1.00 bits per heavy atom. The first-order valence-electron chi connectivity index (χ1n) is 6.14. The van der Waals surface area contributed by atoms with E-state index in [-0.39, 0.29) is 11.0 Å².